The second-order valence-electron chi connectivity index (χ2n) is 7.53. The fraction of sp³-hybridized carbons (Fsp3) is 0.130. The van der Waals surface area contributed by atoms with Crippen LogP contribution in [-0.4, -0.2) is 30.4 Å². The number of carbonyl (C=O) groups is 2. The monoisotopic (exact) mass is 557 g/mol. The molecule has 33 heavy (non-hydrogen) atoms. The molecule has 3 aromatic carbocycles. The molecule has 3 heterocycles. The first-order chi connectivity index (χ1) is 16.1. The molecule has 0 radical (unpaired) electrons. The molecule has 3 aromatic rings. The lowest BCUT2D eigenvalue weighted by Gasteiger charge is -2.38. The summed E-state index contributed by atoms with van der Waals surface area (Å²) in [5, 5.41) is 4.65. The van der Waals surface area contributed by atoms with Gasteiger partial charge in [-0.05, 0) is 71.1 Å². The average molecular weight is 557 g/mol. The summed E-state index contributed by atoms with van der Waals surface area (Å²) in [4.78, 5) is 26.6. The van der Waals surface area contributed by atoms with E-state index in [9.17, 15) is 9.59 Å². The summed E-state index contributed by atoms with van der Waals surface area (Å²) in [6, 6.07) is 15.8. The number of ether oxygens (including phenoxy) is 4. The highest BCUT2D eigenvalue weighted by atomic mass is 127. The number of halogens is 1. The molecule has 2 amide bonds. The van der Waals surface area contributed by atoms with E-state index < -0.39 is 12.1 Å². The summed E-state index contributed by atoms with van der Waals surface area (Å²) >= 11 is 2.15. The van der Waals surface area contributed by atoms with Gasteiger partial charge in [0.05, 0.1) is 5.56 Å². The van der Waals surface area contributed by atoms with Crippen molar-refractivity contribution in [3.63, 3.8) is 0 Å². The molecule has 0 spiro atoms. The number of nitrogens with zero attached hydrogens (tertiary/aromatic N) is 1. The number of carbonyl (C=O) groups excluding carboxylic acids is 2. The molecule has 1 atom stereocenters. The van der Waals surface area contributed by atoms with E-state index in [-0.39, 0.29) is 19.5 Å². The molecule has 9 nitrogen and oxygen atoms in total. The molecule has 0 saturated carbocycles. The molecule has 6 rings (SSSR count). The van der Waals surface area contributed by atoms with E-state index in [1.54, 1.807) is 36.4 Å². The zero-order valence-corrected chi connectivity index (χ0v) is 19.1. The number of hydrogen-bond acceptors (Lipinski definition) is 7. The van der Waals surface area contributed by atoms with Gasteiger partial charge in [-0.25, -0.2) is 5.01 Å². The van der Waals surface area contributed by atoms with Crippen LogP contribution in [0.4, 0.5) is 5.69 Å². The molecule has 0 fully saturated rings. The van der Waals surface area contributed by atoms with Crippen LogP contribution >= 0.6 is 22.6 Å². The van der Waals surface area contributed by atoms with Crippen molar-refractivity contribution in [2.75, 3.05) is 18.9 Å². The molecule has 10 heteroatoms. The maximum atomic E-state index is 13.5. The van der Waals surface area contributed by atoms with Crippen molar-refractivity contribution in [3.05, 3.63) is 74.9 Å². The van der Waals surface area contributed by atoms with Crippen LogP contribution < -0.4 is 29.7 Å². The van der Waals surface area contributed by atoms with Crippen LogP contribution in [0, 0.1) is 3.57 Å². The van der Waals surface area contributed by atoms with Crippen LogP contribution in [0.5, 0.6) is 23.0 Å². The third kappa shape index (κ3) is 3.46. The number of fused-ring (bicyclic) bond motifs is 3. The van der Waals surface area contributed by atoms with Crippen LogP contribution in [0.2, 0.25) is 0 Å². The van der Waals surface area contributed by atoms with Crippen LogP contribution in [-0.2, 0) is 0 Å². The predicted octanol–water partition coefficient (Wildman–Crippen LogP) is 3.66. The molecular formula is C23H16IN3O6. The van der Waals surface area contributed by atoms with Gasteiger partial charge in [0.1, 0.15) is 6.17 Å². The molecule has 0 saturated heterocycles. The highest BCUT2D eigenvalue weighted by Crippen LogP contribution is 2.39. The maximum Gasteiger partial charge on any atom is 0.276 e. The lowest BCUT2D eigenvalue weighted by atomic mass is 10.0. The van der Waals surface area contributed by atoms with Crippen molar-refractivity contribution < 1.29 is 28.5 Å². The van der Waals surface area contributed by atoms with Gasteiger partial charge >= 0.3 is 0 Å². The molecule has 166 valence electrons. The zero-order chi connectivity index (χ0) is 22.5. The first kappa shape index (κ1) is 20.0. The Hall–Kier alpha value is -3.67. The standard InChI is InChI=1S/C23H16IN3O6/c24-14-3-4-16-15(9-14)23(29)27(21(25-16)12-1-5-17-19(7-12)32-10-30-17)26-22(28)13-2-6-18-20(8-13)33-11-31-18/h1-9,21,25H,10-11H2,(H,26,28). The minimum atomic E-state index is -0.669. The number of hydrogen-bond donors (Lipinski definition) is 2. The fourth-order valence-corrected chi connectivity index (χ4v) is 4.41. The van der Waals surface area contributed by atoms with Crippen molar-refractivity contribution >= 4 is 40.1 Å². The van der Waals surface area contributed by atoms with Gasteiger partial charge in [-0.15, -0.1) is 0 Å². The quantitative estimate of drug-likeness (QED) is 0.475. The first-order valence-corrected chi connectivity index (χ1v) is 11.1. The largest absolute Gasteiger partial charge is 0.454 e. The second kappa shape index (κ2) is 7.73. The zero-order valence-electron chi connectivity index (χ0n) is 17.0. The third-order valence-electron chi connectivity index (χ3n) is 5.55. The van der Waals surface area contributed by atoms with E-state index in [4.69, 9.17) is 18.9 Å². The van der Waals surface area contributed by atoms with Gasteiger partial charge in [-0.3, -0.25) is 15.0 Å². The Bertz CT molecular complexity index is 1310. The van der Waals surface area contributed by atoms with Crippen LogP contribution in [0.25, 0.3) is 0 Å². The second-order valence-corrected chi connectivity index (χ2v) is 8.78. The van der Waals surface area contributed by atoms with Gasteiger partial charge in [0.15, 0.2) is 23.0 Å². The molecule has 2 N–H and O–H groups in total. The lowest BCUT2D eigenvalue weighted by molar-refractivity contribution is 0.0490. The Morgan fingerprint density at radius 2 is 1.61 bits per heavy atom. The number of nitrogens with one attached hydrogen (secondary N) is 2. The molecular weight excluding hydrogens is 541 g/mol. The molecule has 0 bridgehead atoms. The van der Waals surface area contributed by atoms with Crippen molar-refractivity contribution in [2.45, 2.75) is 6.17 Å². The molecule has 0 aliphatic carbocycles. The van der Waals surface area contributed by atoms with Gasteiger partial charge in [-0.1, -0.05) is 6.07 Å². The van der Waals surface area contributed by atoms with E-state index in [2.05, 4.69) is 33.3 Å². The Morgan fingerprint density at radius 1 is 0.909 bits per heavy atom. The summed E-state index contributed by atoms with van der Waals surface area (Å²) < 4.78 is 22.5. The van der Waals surface area contributed by atoms with Crippen LogP contribution in [0.3, 0.4) is 0 Å². The summed E-state index contributed by atoms with van der Waals surface area (Å²) in [6.07, 6.45) is -0.669. The van der Waals surface area contributed by atoms with E-state index >= 15 is 0 Å². The Balaban J connectivity index is 1.37. The summed E-state index contributed by atoms with van der Waals surface area (Å²) in [7, 11) is 0. The Labute approximate surface area is 201 Å². The molecule has 3 aliphatic heterocycles. The van der Waals surface area contributed by atoms with E-state index in [0.717, 1.165) is 9.13 Å². The summed E-state index contributed by atoms with van der Waals surface area (Å²) in [5.41, 5.74) is 4.97. The Morgan fingerprint density at radius 3 is 2.39 bits per heavy atom. The lowest BCUT2D eigenvalue weighted by Crippen LogP contribution is -2.52. The predicted molar refractivity (Wildman–Crippen MR) is 124 cm³/mol. The van der Waals surface area contributed by atoms with E-state index in [0.29, 0.717) is 39.8 Å². The number of hydrazine groups is 1. The molecule has 0 aromatic heterocycles. The maximum absolute atomic E-state index is 13.5. The minimum absolute atomic E-state index is 0.108. The van der Waals surface area contributed by atoms with Crippen molar-refractivity contribution in [3.8, 4) is 23.0 Å². The SMILES string of the molecule is O=C(NN1C(=O)c2cc(I)ccc2NC1c1ccc2c(c1)OCO2)c1ccc2c(c1)OCO2. The van der Waals surface area contributed by atoms with Gasteiger partial charge in [0.25, 0.3) is 11.8 Å². The number of anilines is 1. The summed E-state index contributed by atoms with van der Waals surface area (Å²) in [6.45, 7) is 0.248. The highest BCUT2D eigenvalue weighted by Gasteiger charge is 2.35. The first-order valence-electron chi connectivity index (χ1n) is 10.1. The van der Waals surface area contributed by atoms with Crippen LogP contribution in [0.1, 0.15) is 32.4 Å². The normalized spacial score (nSPS) is 17.4. The average Bonchev–Trinajstić information content (AvgIpc) is 3.49. The van der Waals surface area contributed by atoms with E-state index in [1.165, 1.54) is 5.01 Å². The van der Waals surface area contributed by atoms with Crippen molar-refractivity contribution in [1.82, 2.24) is 10.4 Å². The smallest absolute Gasteiger partial charge is 0.276 e. The van der Waals surface area contributed by atoms with E-state index in [1.807, 2.05) is 18.2 Å². The van der Waals surface area contributed by atoms with Crippen molar-refractivity contribution in [1.29, 1.82) is 0 Å². The van der Waals surface area contributed by atoms with Gasteiger partial charge < -0.3 is 24.3 Å². The third-order valence-corrected chi connectivity index (χ3v) is 6.22. The van der Waals surface area contributed by atoms with Crippen LogP contribution in [0.15, 0.2) is 54.6 Å². The minimum Gasteiger partial charge on any atom is -0.454 e. The van der Waals surface area contributed by atoms with Crippen molar-refractivity contribution in [2.24, 2.45) is 0 Å². The van der Waals surface area contributed by atoms with Gasteiger partial charge in [0.2, 0.25) is 13.6 Å². The van der Waals surface area contributed by atoms with Gasteiger partial charge in [0, 0.05) is 20.4 Å². The Kier molecular flexibility index (Phi) is 4.68. The number of amides is 2. The summed E-state index contributed by atoms with van der Waals surface area (Å²) in [5.74, 6) is 1.48. The molecule has 1 unspecified atom stereocenters. The topological polar surface area (TPSA) is 98.4 Å². The number of benzene rings is 3. The number of rotatable bonds is 3. The van der Waals surface area contributed by atoms with Gasteiger partial charge in [-0.2, -0.15) is 0 Å². The highest BCUT2D eigenvalue weighted by molar-refractivity contribution is 14.1. The fourth-order valence-electron chi connectivity index (χ4n) is 3.92. The molecule has 3 aliphatic rings.